The van der Waals surface area contributed by atoms with Crippen molar-refractivity contribution in [3.8, 4) is 0 Å². The summed E-state index contributed by atoms with van der Waals surface area (Å²) in [6.45, 7) is 1.76. The largest absolute Gasteiger partial charge is 0.385 e. The van der Waals surface area contributed by atoms with Gasteiger partial charge in [0.25, 0.3) is 5.69 Å². The number of nitro benzene ring substituents is 1. The highest BCUT2D eigenvalue weighted by atomic mass is 16.6. The van der Waals surface area contributed by atoms with Gasteiger partial charge in [-0.15, -0.1) is 0 Å². The van der Waals surface area contributed by atoms with Gasteiger partial charge in [0.05, 0.1) is 11.5 Å². The number of rotatable bonds is 10. The van der Waals surface area contributed by atoms with E-state index in [0.717, 1.165) is 16.8 Å². The van der Waals surface area contributed by atoms with Crippen molar-refractivity contribution in [1.82, 2.24) is 20.1 Å². The van der Waals surface area contributed by atoms with Crippen LogP contribution < -0.4 is 10.6 Å². The van der Waals surface area contributed by atoms with Gasteiger partial charge in [0.1, 0.15) is 12.7 Å². The molecule has 2 aromatic carbocycles. The smallest absolute Gasteiger partial charge is 0.269 e. The molecule has 3 aromatic rings. The summed E-state index contributed by atoms with van der Waals surface area (Å²) in [5.74, 6) is -0.0119. The number of nitrogens with zero attached hydrogens (tertiary/aromatic N) is 4. The van der Waals surface area contributed by atoms with Gasteiger partial charge in [-0.3, -0.25) is 14.9 Å². The first kappa shape index (κ1) is 20.0. The summed E-state index contributed by atoms with van der Waals surface area (Å²) < 4.78 is 1.75. The van der Waals surface area contributed by atoms with E-state index >= 15 is 0 Å². The third-order valence-electron chi connectivity index (χ3n) is 4.31. The van der Waals surface area contributed by atoms with Crippen LogP contribution in [-0.2, 0) is 17.9 Å². The Kier molecular flexibility index (Phi) is 6.88. The standard InChI is InChI=1S/C20H22N6O3/c27-20(2-1-11-22-18-7-9-19(10-8-18)26(28)29)23-12-16-3-5-17(6-4-16)13-25-15-21-14-24-25/h3-10,14-15,22H,1-2,11-13H2,(H,23,27). The van der Waals surface area contributed by atoms with E-state index in [9.17, 15) is 14.9 Å². The average Bonchev–Trinajstić information content (AvgIpc) is 3.24. The van der Waals surface area contributed by atoms with Crippen molar-refractivity contribution >= 4 is 17.3 Å². The van der Waals surface area contributed by atoms with Gasteiger partial charge in [-0.25, -0.2) is 9.67 Å². The van der Waals surface area contributed by atoms with Crippen LogP contribution in [-0.4, -0.2) is 32.1 Å². The van der Waals surface area contributed by atoms with Crippen molar-refractivity contribution in [2.75, 3.05) is 11.9 Å². The molecule has 0 aliphatic rings. The van der Waals surface area contributed by atoms with E-state index in [1.165, 1.54) is 18.5 Å². The lowest BCUT2D eigenvalue weighted by Gasteiger charge is -2.08. The van der Waals surface area contributed by atoms with Gasteiger partial charge in [0.15, 0.2) is 0 Å². The Balaban J connectivity index is 1.33. The minimum atomic E-state index is -0.432. The van der Waals surface area contributed by atoms with E-state index in [0.29, 0.717) is 32.5 Å². The second-order valence-electron chi connectivity index (χ2n) is 6.52. The number of non-ortho nitro benzene ring substituents is 1. The molecule has 150 valence electrons. The lowest BCUT2D eigenvalue weighted by atomic mass is 10.1. The van der Waals surface area contributed by atoms with Crippen molar-refractivity contribution in [2.24, 2.45) is 0 Å². The number of carbonyl (C=O) groups is 1. The molecule has 0 fully saturated rings. The van der Waals surface area contributed by atoms with Gasteiger partial charge < -0.3 is 10.6 Å². The van der Waals surface area contributed by atoms with E-state index in [1.807, 2.05) is 24.3 Å². The predicted octanol–water partition coefficient (Wildman–Crippen LogP) is 2.74. The molecular formula is C20H22N6O3. The zero-order valence-corrected chi connectivity index (χ0v) is 15.8. The molecule has 3 rings (SSSR count). The summed E-state index contributed by atoms with van der Waals surface area (Å²) in [7, 11) is 0. The van der Waals surface area contributed by atoms with Crippen molar-refractivity contribution < 1.29 is 9.72 Å². The molecule has 1 aromatic heterocycles. The van der Waals surface area contributed by atoms with Gasteiger partial charge in [-0.1, -0.05) is 24.3 Å². The van der Waals surface area contributed by atoms with Gasteiger partial charge >= 0.3 is 0 Å². The van der Waals surface area contributed by atoms with Crippen LogP contribution in [0.2, 0.25) is 0 Å². The molecular weight excluding hydrogens is 372 g/mol. The minimum absolute atomic E-state index is 0.0119. The van der Waals surface area contributed by atoms with Crippen LogP contribution >= 0.6 is 0 Å². The summed E-state index contributed by atoms with van der Waals surface area (Å²) >= 11 is 0. The zero-order valence-electron chi connectivity index (χ0n) is 15.8. The molecule has 0 aliphatic carbocycles. The normalized spacial score (nSPS) is 10.5. The van der Waals surface area contributed by atoms with E-state index in [1.54, 1.807) is 23.1 Å². The molecule has 1 amide bonds. The average molecular weight is 394 g/mol. The summed E-state index contributed by atoms with van der Waals surface area (Å²) in [5, 5.41) is 20.8. The molecule has 0 aliphatic heterocycles. The van der Waals surface area contributed by atoms with Crippen LogP contribution in [0.1, 0.15) is 24.0 Å². The Labute approximate surface area is 167 Å². The molecule has 9 nitrogen and oxygen atoms in total. The summed E-state index contributed by atoms with van der Waals surface area (Å²) in [4.78, 5) is 26.1. The van der Waals surface area contributed by atoms with Crippen molar-refractivity contribution in [3.63, 3.8) is 0 Å². The third kappa shape index (κ3) is 6.42. The molecule has 29 heavy (non-hydrogen) atoms. The second kappa shape index (κ2) is 9.98. The molecule has 0 unspecified atom stereocenters. The number of hydrogen-bond acceptors (Lipinski definition) is 6. The number of nitro groups is 1. The Morgan fingerprint density at radius 1 is 1.07 bits per heavy atom. The Morgan fingerprint density at radius 2 is 1.79 bits per heavy atom. The first-order chi connectivity index (χ1) is 14.1. The maximum absolute atomic E-state index is 12.0. The van der Waals surface area contributed by atoms with Crippen molar-refractivity contribution in [3.05, 3.63) is 82.4 Å². The fourth-order valence-electron chi connectivity index (χ4n) is 2.74. The van der Waals surface area contributed by atoms with Crippen LogP contribution in [0.5, 0.6) is 0 Å². The molecule has 9 heteroatoms. The quantitative estimate of drug-likeness (QED) is 0.310. The number of aromatic nitrogens is 3. The van der Waals surface area contributed by atoms with Crippen molar-refractivity contribution in [2.45, 2.75) is 25.9 Å². The fraction of sp³-hybridized carbons (Fsp3) is 0.250. The molecule has 0 bridgehead atoms. The molecule has 1 heterocycles. The molecule has 2 N–H and O–H groups in total. The maximum atomic E-state index is 12.0. The van der Waals surface area contributed by atoms with Gasteiger partial charge in [-0.05, 0) is 29.7 Å². The first-order valence-electron chi connectivity index (χ1n) is 9.25. The number of amides is 1. The van der Waals surface area contributed by atoms with Gasteiger partial charge in [0, 0.05) is 37.3 Å². The first-order valence-corrected chi connectivity index (χ1v) is 9.25. The monoisotopic (exact) mass is 394 g/mol. The number of anilines is 1. The van der Waals surface area contributed by atoms with E-state index in [2.05, 4.69) is 20.7 Å². The molecule has 0 saturated heterocycles. The Morgan fingerprint density at radius 3 is 2.45 bits per heavy atom. The van der Waals surface area contributed by atoms with Gasteiger partial charge in [0.2, 0.25) is 5.91 Å². The van der Waals surface area contributed by atoms with Crippen LogP contribution in [0.3, 0.4) is 0 Å². The highest BCUT2D eigenvalue weighted by molar-refractivity contribution is 5.75. The summed E-state index contributed by atoms with van der Waals surface area (Å²) in [6, 6.07) is 14.2. The topological polar surface area (TPSA) is 115 Å². The van der Waals surface area contributed by atoms with Gasteiger partial charge in [-0.2, -0.15) is 5.10 Å². The van der Waals surface area contributed by atoms with Crippen LogP contribution in [0.4, 0.5) is 11.4 Å². The van der Waals surface area contributed by atoms with Crippen molar-refractivity contribution in [1.29, 1.82) is 0 Å². The van der Waals surface area contributed by atoms with E-state index in [4.69, 9.17) is 0 Å². The fourth-order valence-corrected chi connectivity index (χ4v) is 2.74. The lowest BCUT2D eigenvalue weighted by Crippen LogP contribution is -2.23. The number of carbonyl (C=O) groups excluding carboxylic acids is 1. The predicted molar refractivity (Wildman–Crippen MR) is 108 cm³/mol. The summed E-state index contributed by atoms with van der Waals surface area (Å²) in [6.07, 6.45) is 4.25. The maximum Gasteiger partial charge on any atom is 0.269 e. The van der Waals surface area contributed by atoms with Crippen LogP contribution in [0, 0.1) is 10.1 Å². The molecule has 0 radical (unpaired) electrons. The van der Waals surface area contributed by atoms with Crippen LogP contribution in [0.25, 0.3) is 0 Å². The number of hydrogen-bond donors (Lipinski definition) is 2. The Hall–Kier alpha value is -3.75. The van der Waals surface area contributed by atoms with E-state index in [-0.39, 0.29) is 11.6 Å². The Bertz CT molecular complexity index is 924. The summed E-state index contributed by atoms with van der Waals surface area (Å²) in [5.41, 5.74) is 3.00. The van der Waals surface area contributed by atoms with E-state index < -0.39 is 4.92 Å². The highest BCUT2D eigenvalue weighted by Crippen LogP contribution is 2.15. The number of nitrogens with one attached hydrogen (secondary N) is 2. The minimum Gasteiger partial charge on any atom is -0.385 e. The van der Waals surface area contributed by atoms with Crippen LogP contribution in [0.15, 0.2) is 61.2 Å². The molecule has 0 spiro atoms. The highest BCUT2D eigenvalue weighted by Gasteiger charge is 2.05. The molecule has 0 saturated carbocycles. The lowest BCUT2D eigenvalue weighted by molar-refractivity contribution is -0.384. The second-order valence-corrected chi connectivity index (χ2v) is 6.52. The SMILES string of the molecule is O=C(CCCNc1ccc([N+](=O)[O-])cc1)NCc1ccc(Cn2cncn2)cc1. The zero-order chi connectivity index (χ0) is 20.5. The number of benzene rings is 2. The molecule has 0 atom stereocenters. The third-order valence-corrected chi connectivity index (χ3v) is 4.31.